The van der Waals surface area contributed by atoms with Crippen molar-refractivity contribution in [3.05, 3.63) is 0 Å². The van der Waals surface area contributed by atoms with Gasteiger partial charge in [-0.2, -0.15) is 0 Å². The summed E-state index contributed by atoms with van der Waals surface area (Å²) in [5.41, 5.74) is 0. The van der Waals surface area contributed by atoms with Crippen LogP contribution in [0.3, 0.4) is 0 Å². The molecule has 4 heteroatoms. The van der Waals surface area contributed by atoms with E-state index < -0.39 is 5.97 Å². The van der Waals surface area contributed by atoms with E-state index in [0.717, 1.165) is 19.4 Å². The molecular formula is C11H21NO3. The normalized spacial score (nSPS) is 28.7. The number of carboxylic acid groups (broad SMARTS) is 1. The molecule has 1 aliphatic rings. The molecule has 1 aliphatic heterocycles. The Morgan fingerprint density at radius 3 is 3.00 bits per heavy atom. The molecule has 1 rings (SSSR count). The second-order valence-corrected chi connectivity index (χ2v) is 4.40. The first-order valence-electron chi connectivity index (χ1n) is 5.67. The molecule has 3 atom stereocenters. The minimum Gasteiger partial charge on any atom is -0.481 e. The van der Waals surface area contributed by atoms with Gasteiger partial charge >= 0.3 is 5.97 Å². The minimum absolute atomic E-state index is 0.243. The molecule has 3 unspecified atom stereocenters. The molecule has 4 nitrogen and oxygen atoms in total. The zero-order valence-corrected chi connectivity index (χ0v) is 9.53. The molecule has 0 saturated carbocycles. The minimum atomic E-state index is -0.719. The molecule has 1 saturated heterocycles. The van der Waals surface area contributed by atoms with Crippen LogP contribution in [0.1, 0.15) is 39.5 Å². The predicted molar refractivity (Wildman–Crippen MR) is 57.9 cm³/mol. The molecule has 15 heavy (non-hydrogen) atoms. The van der Waals surface area contributed by atoms with E-state index in [1.165, 1.54) is 0 Å². The Morgan fingerprint density at radius 2 is 2.40 bits per heavy atom. The van der Waals surface area contributed by atoms with E-state index in [1.54, 1.807) is 0 Å². The molecule has 0 amide bonds. The smallest absolute Gasteiger partial charge is 0.303 e. The van der Waals surface area contributed by atoms with Gasteiger partial charge in [-0.3, -0.25) is 4.79 Å². The van der Waals surface area contributed by atoms with Gasteiger partial charge in [-0.1, -0.05) is 0 Å². The molecule has 0 aliphatic carbocycles. The average molecular weight is 215 g/mol. The van der Waals surface area contributed by atoms with Crippen LogP contribution >= 0.6 is 0 Å². The van der Waals surface area contributed by atoms with Crippen molar-refractivity contribution >= 4 is 5.97 Å². The largest absolute Gasteiger partial charge is 0.481 e. The van der Waals surface area contributed by atoms with E-state index in [0.29, 0.717) is 18.6 Å². The van der Waals surface area contributed by atoms with Gasteiger partial charge < -0.3 is 15.2 Å². The lowest BCUT2D eigenvalue weighted by Crippen LogP contribution is -2.42. The summed E-state index contributed by atoms with van der Waals surface area (Å²) in [5.74, 6) is -0.719. The number of hydrogen-bond donors (Lipinski definition) is 2. The van der Waals surface area contributed by atoms with Crippen molar-refractivity contribution in [3.8, 4) is 0 Å². The van der Waals surface area contributed by atoms with Crippen molar-refractivity contribution in [2.75, 3.05) is 6.61 Å². The number of aliphatic carboxylic acids is 1. The Balaban J connectivity index is 2.18. The summed E-state index contributed by atoms with van der Waals surface area (Å²) in [6.45, 7) is 4.93. The van der Waals surface area contributed by atoms with Gasteiger partial charge in [0, 0.05) is 25.1 Å². The maximum absolute atomic E-state index is 10.4. The van der Waals surface area contributed by atoms with Crippen LogP contribution in [-0.4, -0.2) is 35.9 Å². The standard InChI is InChI=1S/C11H21NO3/c1-8(3-4-11(13)14)12-10-5-6-15-9(2)7-10/h8-10,12H,3-7H2,1-2H3,(H,13,14). The Bertz CT molecular complexity index is 208. The van der Waals surface area contributed by atoms with Crippen LogP contribution in [0.4, 0.5) is 0 Å². The Kier molecular flexibility index (Phi) is 5.05. The summed E-state index contributed by atoms with van der Waals surface area (Å²) < 4.78 is 5.45. The van der Waals surface area contributed by atoms with Gasteiger partial charge in [0.25, 0.3) is 0 Å². The number of nitrogens with one attached hydrogen (secondary N) is 1. The van der Waals surface area contributed by atoms with Crippen LogP contribution in [0.2, 0.25) is 0 Å². The number of carbonyl (C=O) groups is 1. The molecule has 0 spiro atoms. The molecule has 0 aromatic carbocycles. The van der Waals surface area contributed by atoms with Gasteiger partial charge in [0.2, 0.25) is 0 Å². The molecule has 1 fully saturated rings. The summed E-state index contributed by atoms with van der Waals surface area (Å²) in [4.78, 5) is 10.4. The van der Waals surface area contributed by atoms with E-state index >= 15 is 0 Å². The Hall–Kier alpha value is -0.610. The highest BCUT2D eigenvalue weighted by molar-refractivity contribution is 5.66. The molecule has 0 aromatic heterocycles. The third kappa shape index (κ3) is 5.14. The summed E-state index contributed by atoms with van der Waals surface area (Å²) in [6, 6.07) is 0.758. The van der Waals surface area contributed by atoms with Crippen LogP contribution < -0.4 is 5.32 Å². The molecule has 0 bridgehead atoms. The molecule has 0 aromatic rings. The molecule has 0 radical (unpaired) electrons. The van der Waals surface area contributed by atoms with Gasteiger partial charge in [-0.25, -0.2) is 0 Å². The fourth-order valence-corrected chi connectivity index (χ4v) is 1.98. The maximum Gasteiger partial charge on any atom is 0.303 e. The van der Waals surface area contributed by atoms with Gasteiger partial charge in [0.15, 0.2) is 0 Å². The lowest BCUT2D eigenvalue weighted by atomic mass is 10.0. The van der Waals surface area contributed by atoms with Gasteiger partial charge in [0.05, 0.1) is 6.10 Å². The van der Waals surface area contributed by atoms with Gasteiger partial charge in [-0.05, 0) is 33.1 Å². The van der Waals surface area contributed by atoms with Crippen molar-refractivity contribution in [1.82, 2.24) is 5.32 Å². The predicted octanol–water partition coefficient (Wildman–Crippen LogP) is 1.40. The van der Waals surface area contributed by atoms with E-state index in [2.05, 4.69) is 12.2 Å². The first kappa shape index (κ1) is 12.5. The maximum atomic E-state index is 10.4. The highest BCUT2D eigenvalue weighted by Crippen LogP contribution is 2.14. The van der Waals surface area contributed by atoms with Crippen LogP contribution in [0.15, 0.2) is 0 Å². The second-order valence-electron chi connectivity index (χ2n) is 4.40. The average Bonchev–Trinajstić information content (AvgIpc) is 2.15. The lowest BCUT2D eigenvalue weighted by Gasteiger charge is -2.30. The highest BCUT2D eigenvalue weighted by atomic mass is 16.5. The van der Waals surface area contributed by atoms with E-state index in [1.807, 2.05) is 6.92 Å². The van der Waals surface area contributed by atoms with Crippen molar-refractivity contribution in [2.24, 2.45) is 0 Å². The number of hydrogen-bond acceptors (Lipinski definition) is 3. The molecule has 2 N–H and O–H groups in total. The molecular weight excluding hydrogens is 194 g/mol. The molecule has 88 valence electrons. The Morgan fingerprint density at radius 1 is 1.67 bits per heavy atom. The fourth-order valence-electron chi connectivity index (χ4n) is 1.98. The van der Waals surface area contributed by atoms with Gasteiger partial charge in [-0.15, -0.1) is 0 Å². The number of ether oxygens (including phenoxy) is 1. The fraction of sp³-hybridized carbons (Fsp3) is 0.909. The van der Waals surface area contributed by atoms with Crippen LogP contribution in [0.5, 0.6) is 0 Å². The molecule has 1 heterocycles. The van der Waals surface area contributed by atoms with Crippen LogP contribution in [0.25, 0.3) is 0 Å². The van der Waals surface area contributed by atoms with E-state index in [4.69, 9.17) is 9.84 Å². The number of carboxylic acids is 1. The first-order valence-corrected chi connectivity index (χ1v) is 5.67. The third-order valence-electron chi connectivity index (χ3n) is 2.80. The third-order valence-corrected chi connectivity index (χ3v) is 2.80. The van der Waals surface area contributed by atoms with Crippen molar-refractivity contribution < 1.29 is 14.6 Å². The summed E-state index contributed by atoms with van der Waals surface area (Å²) in [6.07, 6.45) is 3.32. The number of rotatable bonds is 5. The van der Waals surface area contributed by atoms with Gasteiger partial charge in [0.1, 0.15) is 0 Å². The zero-order chi connectivity index (χ0) is 11.3. The summed E-state index contributed by atoms with van der Waals surface area (Å²) in [7, 11) is 0. The van der Waals surface area contributed by atoms with Crippen molar-refractivity contribution in [2.45, 2.75) is 57.7 Å². The first-order chi connectivity index (χ1) is 7.08. The SMILES string of the molecule is CC(CCC(=O)O)NC1CCOC(C)C1. The Labute approximate surface area is 91.0 Å². The summed E-state index contributed by atoms with van der Waals surface area (Å²) >= 11 is 0. The van der Waals surface area contributed by atoms with Crippen molar-refractivity contribution in [3.63, 3.8) is 0 Å². The zero-order valence-electron chi connectivity index (χ0n) is 9.53. The van der Waals surface area contributed by atoms with Crippen LogP contribution in [-0.2, 0) is 9.53 Å². The quantitative estimate of drug-likeness (QED) is 0.727. The topological polar surface area (TPSA) is 58.6 Å². The van der Waals surface area contributed by atoms with Crippen molar-refractivity contribution in [1.29, 1.82) is 0 Å². The van der Waals surface area contributed by atoms with E-state index in [-0.39, 0.29) is 12.5 Å². The van der Waals surface area contributed by atoms with Crippen LogP contribution in [0, 0.1) is 0 Å². The highest BCUT2D eigenvalue weighted by Gasteiger charge is 2.20. The second kappa shape index (κ2) is 6.08. The lowest BCUT2D eigenvalue weighted by molar-refractivity contribution is -0.137. The van der Waals surface area contributed by atoms with E-state index in [9.17, 15) is 4.79 Å². The summed E-state index contributed by atoms with van der Waals surface area (Å²) in [5, 5.41) is 12.0. The monoisotopic (exact) mass is 215 g/mol.